The molecule has 85 heavy (non-hydrogen) atoms. The SMILES string of the molecule is CN(CCCCOc1ccc(CCC(=O)N(CC2CC2)C(C(=O)NCc2ccc(Cl)cc2)c2ccc(Br)cc2)cc1)CCOCCOCCc1cn(CCOCCOc2ccc(NC(=O)Nc3nc(CC(=O)N4CCN(C)CC4)cs3)cc2)nn1. The fourth-order valence-electron chi connectivity index (χ4n) is 9.29. The van der Waals surface area contributed by atoms with E-state index in [-0.39, 0.29) is 30.6 Å². The number of likely N-dealkylation sites (N-methyl/N-ethyl adjacent to an activating group) is 2. The van der Waals surface area contributed by atoms with E-state index >= 15 is 0 Å². The van der Waals surface area contributed by atoms with Gasteiger partial charge in [-0.2, -0.15) is 0 Å². The second kappa shape index (κ2) is 34.6. The van der Waals surface area contributed by atoms with Crippen LogP contribution in [0.4, 0.5) is 15.6 Å². The summed E-state index contributed by atoms with van der Waals surface area (Å²) in [6.45, 7) is 10.3. The summed E-state index contributed by atoms with van der Waals surface area (Å²) in [5.41, 5.74) is 4.82. The van der Waals surface area contributed by atoms with E-state index in [1.165, 1.54) is 11.3 Å². The van der Waals surface area contributed by atoms with E-state index in [1.807, 2.05) is 78.8 Å². The van der Waals surface area contributed by atoms with Crippen LogP contribution in [0.15, 0.2) is 113 Å². The molecule has 6 aromatic rings. The summed E-state index contributed by atoms with van der Waals surface area (Å²) in [7, 11) is 4.14. The Bertz CT molecular complexity index is 2980. The van der Waals surface area contributed by atoms with Gasteiger partial charge >= 0.3 is 6.03 Å². The Morgan fingerprint density at radius 3 is 2.16 bits per heavy atom. The van der Waals surface area contributed by atoms with Crippen LogP contribution in [0.5, 0.6) is 11.5 Å². The molecule has 0 spiro atoms. The largest absolute Gasteiger partial charge is 0.494 e. The van der Waals surface area contributed by atoms with Crippen LogP contribution in [0.2, 0.25) is 5.02 Å². The maximum atomic E-state index is 14.0. The molecule has 1 saturated heterocycles. The highest BCUT2D eigenvalue weighted by Gasteiger charge is 2.35. The highest BCUT2D eigenvalue weighted by atomic mass is 79.9. The molecule has 1 aliphatic heterocycles. The number of nitrogens with one attached hydrogen (secondary N) is 3. The minimum absolute atomic E-state index is 0.0434. The lowest BCUT2D eigenvalue weighted by molar-refractivity contribution is -0.141. The molecule has 3 heterocycles. The molecule has 4 aromatic carbocycles. The molecule has 0 bridgehead atoms. The fraction of sp³-hybridized carbons (Fsp3) is 0.468. The van der Waals surface area contributed by atoms with Crippen molar-refractivity contribution in [3.63, 3.8) is 0 Å². The fourth-order valence-corrected chi connectivity index (χ4v) is 10.4. The zero-order valence-corrected chi connectivity index (χ0v) is 51.8. The van der Waals surface area contributed by atoms with Crippen LogP contribution < -0.4 is 25.4 Å². The molecule has 23 heteroatoms. The number of benzene rings is 4. The molecular formula is C62H79BrClN11O9S. The predicted octanol–water partition coefficient (Wildman–Crippen LogP) is 8.80. The number of hydrogen-bond donors (Lipinski definition) is 3. The normalized spacial score (nSPS) is 13.8. The van der Waals surface area contributed by atoms with E-state index in [0.717, 1.165) is 84.5 Å². The minimum Gasteiger partial charge on any atom is -0.494 e. The van der Waals surface area contributed by atoms with Crippen molar-refractivity contribution in [2.24, 2.45) is 5.92 Å². The average molecular weight is 1270 g/mol. The molecule has 1 aliphatic carbocycles. The van der Waals surface area contributed by atoms with Crippen molar-refractivity contribution in [2.75, 3.05) is 123 Å². The first-order valence-corrected chi connectivity index (χ1v) is 31.3. The number of halogens is 2. The highest BCUT2D eigenvalue weighted by Crippen LogP contribution is 2.34. The van der Waals surface area contributed by atoms with Gasteiger partial charge in [0.15, 0.2) is 5.13 Å². The van der Waals surface area contributed by atoms with E-state index in [0.29, 0.717) is 132 Å². The van der Waals surface area contributed by atoms with Crippen LogP contribution in [0.1, 0.15) is 66.2 Å². The van der Waals surface area contributed by atoms with Gasteiger partial charge in [-0.3, -0.25) is 19.7 Å². The summed E-state index contributed by atoms with van der Waals surface area (Å²) in [6.07, 6.45) is 7.63. The Balaban J connectivity index is 0.605. The van der Waals surface area contributed by atoms with E-state index in [4.69, 9.17) is 35.3 Å². The Hall–Kier alpha value is -6.50. The summed E-state index contributed by atoms with van der Waals surface area (Å²) in [6, 6.07) is 28.9. The molecule has 3 N–H and O–H groups in total. The second-order valence-corrected chi connectivity index (χ2v) is 23.5. The van der Waals surface area contributed by atoms with Crippen molar-refractivity contribution >= 4 is 73.4 Å². The summed E-state index contributed by atoms with van der Waals surface area (Å²) in [5, 5.41) is 19.9. The monoisotopic (exact) mass is 1270 g/mol. The van der Waals surface area contributed by atoms with Crippen LogP contribution in [-0.4, -0.2) is 176 Å². The molecule has 0 radical (unpaired) electrons. The lowest BCUT2D eigenvalue weighted by atomic mass is 10.0. The second-order valence-electron chi connectivity index (χ2n) is 21.3. The Morgan fingerprint density at radius 2 is 1.42 bits per heavy atom. The van der Waals surface area contributed by atoms with Crippen LogP contribution in [-0.2, 0) is 60.9 Å². The number of carbonyl (C=O) groups is 4. The van der Waals surface area contributed by atoms with Gasteiger partial charge in [-0.1, -0.05) is 69.1 Å². The first-order chi connectivity index (χ1) is 41.4. The first kappa shape index (κ1) is 64.5. The number of thiazole rings is 1. The standard InChI is InChI=1S/C62H79BrClN11O9S/c1-71(26-3-4-33-83-55-20-9-46(10-21-55)11-24-57(76)75(43-48-5-6-48)59(49-12-14-50(63)15-13-49)60(78)65-42-47-7-16-51(64)17-8-47)31-35-81-38-37-80-34-25-53-44-74(70-69-53)32-36-82-39-40-84-56-22-18-52(19-23-56)66-61(79)68-62-67-54(45-85-62)41-58(77)73-29-27-72(2)28-30-73/h7-10,12-23,44-45,48,59H,3-6,11,24-43H2,1-2H3,(H,65,78)(H2,66,67,68,79). The molecule has 8 rings (SSSR count). The molecule has 1 saturated carbocycles. The molecule has 2 aromatic heterocycles. The van der Waals surface area contributed by atoms with E-state index < -0.39 is 12.1 Å². The van der Waals surface area contributed by atoms with Gasteiger partial charge in [0.2, 0.25) is 17.7 Å². The van der Waals surface area contributed by atoms with Gasteiger partial charge in [0, 0.05) is 85.4 Å². The molecule has 2 aliphatic rings. The summed E-state index contributed by atoms with van der Waals surface area (Å²) in [5.74, 6) is 1.64. The topological polar surface area (TPSA) is 207 Å². The number of unbranched alkanes of at least 4 members (excludes halogenated alkanes) is 1. The van der Waals surface area contributed by atoms with Gasteiger partial charge in [-0.05, 0) is 136 Å². The Kier molecular flexibility index (Phi) is 26.3. The third-order valence-electron chi connectivity index (χ3n) is 14.5. The van der Waals surface area contributed by atoms with Gasteiger partial charge in [0.05, 0.1) is 70.6 Å². The number of amides is 5. The van der Waals surface area contributed by atoms with Gasteiger partial charge in [0.25, 0.3) is 0 Å². The lowest BCUT2D eigenvalue weighted by Crippen LogP contribution is -2.47. The molecule has 20 nitrogen and oxygen atoms in total. The maximum Gasteiger partial charge on any atom is 0.325 e. The minimum atomic E-state index is -0.746. The van der Waals surface area contributed by atoms with Crippen molar-refractivity contribution in [1.82, 2.24) is 44.9 Å². The number of hydrogen-bond acceptors (Lipinski definition) is 15. The average Bonchev–Trinajstić information content (AvgIpc) is 4.14. The van der Waals surface area contributed by atoms with E-state index in [2.05, 4.69) is 64.0 Å². The van der Waals surface area contributed by atoms with E-state index in [1.54, 1.807) is 51.4 Å². The number of aromatic nitrogens is 4. The van der Waals surface area contributed by atoms with Crippen molar-refractivity contribution in [3.8, 4) is 11.5 Å². The van der Waals surface area contributed by atoms with Crippen molar-refractivity contribution in [3.05, 3.63) is 146 Å². The van der Waals surface area contributed by atoms with Crippen molar-refractivity contribution in [1.29, 1.82) is 0 Å². The number of nitrogens with zero attached hydrogens (tertiary/aromatic N) is 8. The molecular weight excluding hydrogens is 1190 g/mol. The molecule has 1 atom stereocenters. The molecule has 5 amide bonds. The molecule has 456 valence electrons. The van der Waals surface area contributed by atoms with Crippen LogP contribution in [0.25, 0.3) is 0 Å². The zero-order valence-electron chi connectivity index (χ0n) is 48.6. The number of anilines is 2. The number of rotatable bonds is 36. The Labute approximate surface area is 515 Å². The van der Waals surface area contributed by atoms with Crippen LogP contribution in [0.3, 0.4) is 0 Å². The number of carbonyl (C=O) groups excluding carboxylic acids is 4. The number of aryl methyl sites for hydroxylation is 1. The van der Waals surface area contributed by atoms with E-state index in [9.17, 15) is 19.2 Å². The third kappa shape index (κ3) is 23.0. The number of ether oxygens (including phenoxy) is 5. The summed E-state index contributed by atoms with van der Waals surface area (Å²) < 4.78 is 31.9. The van der Waals surface area contributed by atoms with Gasteiger partial charge in [0.1, 0.15) is 24.1 Å². The summed E-state index contributed by atoms with van der Waals surface area (Å²) >= 11 is 10.9. The lowest BCUT2D eigenvalue weighted by Gasteiger charge is -2.32. The van der Waals surface area contributed by atoms with Gasteiger partial charge in [-0.25, -0.2) is 14.5 Å². The number of piperazine rings is 1. The maximum absolute atomic E-state index is 14.0. The zero-order chi connectivity index (χ0) is 59.6. The van der Waals surface area contributed by atoms with Crippen molar-refractivity contribution in [2.45, 2.75) is 70.5 Å². The Morgan fingerprint density at radius 1 is 0.741 bits per heavy atom. The number of urea groups is 1. The van der Waals surface area contributed by atoms with Crippen molar-refractivity contribution < 1.29 is 42.9 Å². The van der Waals surface area contributed by atoms with Gasteiger partial charge < -0.3 is 53.9 Å². The molecule has 2 fully saturated rings. The quantitative estimate of drug-likeness (QED) is 0.0315. The first-order valence-electron chi connectivity index (χ1n) is 29.2. The predicted molar refractivity (Wildman–Crippen MR) is 332 cm³/mol. The van der Waals surface area contributed by atoms with Gasteiger partial charge in [-0.15, -0.1) is 16.4 Å². The smallest absolute Gasteiger partial charge is 0.325 e. The van der Waals surface area contributed by atoms with Crippen LogP contribution >= 0.6 is 38.9 Å². The molecule has 1 unspecified atom stereocenters. The highest BCUT2D eigenvalue weighted by molar-refractivity contribution is 9.10. The summed E-state index contributed by atoms with van der Waals surface area (Å²) in [4.78, 5) is 65.8. The van der Waals surface area contributed by atoms with Crippen LogP contribution in [0, 0.1) is 5.92 Å². The third-order valence-corrected chi connectivity index (χ3v) is 16.1.